The normalized spacial score (nSPS) is 21.0. The highest BCUT2D eigenvalue weighted by molar-refractivity contribution is 7.17. The van der Waals surface area contributed by atoms with Crippen LogP contribution in [0, 0.1) is 5.92 Å². The number of morpholine rings is 1. The number of aromatic nitrogens is 2. The van der Waals surface area contributed by atoms with Crippen molar-refractivity contribution < 1.29 is 4.74 Å². The summed E-state index contributed by atoms with van der Waals surface area (Å²) in [4.78, 5) is 16.1. The van der Waals surface area contributed by atoms with Gasteiger partial charge in [0.15, 0.2) is 0 Å². The van der Waals surface area contributed by atoms with E-state index in [0.29, 0.717) is 5.92 Å². The average Bonchev–Trinajstić information content (AvgIpc) is 3.18. The molecule has 4 heterocycles. The fourth-order valence-electron chi connectivity index (χ4n) is 4.44. The number of piperidine rings is 1. The Balaban J connectivity index is 1.58. The Kier molecular flexibility index (Phi) is 5.48. The molecule has 0 saturated carbocycles. The highest BCUT2D eigenvalue weighted by Crippen LogP contribution is 2.39. The molecule has 6 heteroatoms. The number of hydrogen-bond donors (Lipinski definition) is 0. The van der Waals surface area contributed by atoms with Gasteiger partial charge in [-0.05, 0) is 24.3 Å². The molecule has 0 N–H and O–H groups in total. The van der Waals surface area contributed by atoms with Gasteiger partial charge in [0, 0.05) is 37.1 Å². The van der Waals surface area contributed by atoms with Crippen LogP contribution in [-0.2, 0) is 11.3 Å². The Morgan fingerprint density at radius 1 is 1.10 bits per heavy atom. The molecule has 2 aliphatic rings. The zero-order chi connectivity index (χ0) is 19.6. The van der Waals surface area contributed by atoms with Gasteiger partial charge in [-0.3, -0.25) is 4.90 Å². The monoisotopic (exact) mass is 408 g/mol. The number of hydrogen-bond acceptors (Lipinski definition) is 6. The van der Waals surface area contributed by atoms with Gasteiger partial charge in [0.2, 0.25) is 0 Å². The highest BCUT2D eigenvalue weighted by atomic mass is 32.1. The SMILES string of the molecule is CC1CCCN(c2nc(CN3CCOCC3)nc3scc(-c4ccccc4)c23)C1. The topological polar surface area (TPSA) is 41.5 Å². The van der Waals surface area contributed by atoms with E-state index >= 15 is 0 Å². The number of rotatable bonds is 4. The summed E-state index contributed by atoms with van der Waals surface area (Å²) < 4.78 is 5.50. The first-order valence-corrected chi connectivity index (χ1v) is 11.5. The predicted molar refractivity (Wildman–Crippen MR) is 120 cm³/mol. The summed E-state index contributed by atoms with van der Waals surface area (Å²) in [6, 6.07) is 10.7. The van der Waals surface area contributed by atoms with E-state index in [-0.39, 0.29) is 0 Å². The maximum atomic E-state index is 5.50. The van der Waals surface area contributed by atoms with E-state index in [1.54, 1.807) is 11.3 Å². The van der Waals surface area contributed by atoms with Gasteiger partial charge in [-0.25, -0.2) is 9.97 Å². The third-order valence-corrected chi connectivity index (χ3v) is 6.84. The lowest BCUT2D eigenvalue weighted by molar-refractivity contribution is 0.0331. The van der Waals surface area contributed by atoms with Crippen LogP contribution in [0.1, 0.15) is 25.6 Å². The lowest BCUT2D eigenvalue weighted by Crippen LogP contribution is -2.37. The number of fused-ring (bicyclic) bond motifs is 1. The zero-order valence-corrected chi connectivity index (χ0v) is 17.8. The summed E-state index contributed by atoms with van der Waals surface area (Å²) in [6.07, 6.45) is 2.54. The number of nitrogens with zero attached hydrogens (tertiary/aromatic N) is 4. The molecule has 5 rings (SSSR count). The molecule has 0 amide bonds. The van der Waals surface area contributed by atoms with Gasteiger partial charge in [-0.15, -0.1) is 11.3 Å². The number of benzene rings is 1. The molecule has 2 aromatic heterocycles. The molecule has 1 atom stereocenters. The maximum absolute atomic E-state index is 5.50. The predicted octanol–water partition coefficient (Wildman–Crippen LogP) is 4.43. The van der Waals surface area contributed by atoms with Gasteiger partial charge < -0.3 is 9.64 Å². The van der Waals surface area contributed by atoms with E-state index < -0.39 is 0 Å². The van der Waals surface area contributed by atoms with E-state index in [2.05, 4.69) is 52.4 Å². The highest BCUT2D eigenvalue weighted by Gasteiger charge is 2.24. The van der Waals surface area contributed by atoms with Crippen molar-refractivity contribution in [3.63, 3.8) is 0 Å². The second kappa shape index (κ2) is 8.38. The minimum atomic E-state index is 0.704. The van der Waals surface area contributed by atoms with Crippen molar-refractivity contribution >= 4 is 27.4 Å². The van der Waals surface area contributed by atoms with Gasteiger partial charge in [-0.1, -0.05) is 37.3 Å². The van der Waals surface area contributed by atoms with Crippen molar-refractivity contribution in [3.05, 3.63) is 41.5 Å². The van der Waals surface area contributed by atoms with E-state index in [1.807, 2.05) is 0 Å². The molecule has 0 radical (unpaired) electrons. The maximum Gasteiger partial charge on any atom is 0.146 e. The van der Waals surface area contributed by atoms with Crippen molar-refractivity contribution in [2.24, 2.45) is 5.92 Å². The second-order valence-corrected chi connectivity index (χ2v) is 9.10. The fourth-order valence-corrected chi connectivity index (χ4v) is 5.40. The zero-order valence-electron chi connectivity index (χ0n) is 17.0. The first-order chi connectivity index (χ1) is 14.3. The van der Waals surface area contributed by atoms with Crippen LogP contribution in [0.2, 0.25) is 0 Å². The Morgan fingerprint density at radius 3 is 2.72 bits per heavy atom. The lowest BCUT2D eigenvalue weighted by Gasteiger charge is -2.33. The van der Waals surface area contributed by atoms with Crippen LogP contribution in [0.3, 0.4) is 0 Å². The summed E-state index contributed by atoms with van der Waals surface area (Å²) in [6.45, 7) is 8.82. The Labute approximate surface area is 176 Å². The van der Waals surface area contributed by atoms with Crippen molar-refractivity contribution in [3.8, 4) is 11.1 Å². The second-order valence-electron chi connectivity index (χ2n) is 8.24. The first kappa shape index (κ1) is 19.0. The molecule has 29 heavy (non-hydrogen) atoms. The minimum absolute atomic E-state index is 0.704. The van der Waals surface area contributed by atoms with Gasteiger partial charge >= 0.3 is 0 Å². The molecule has 3 aromatic rings. The minimum Gasteiger partial charge on any atom is -0.379 e. The molecule has 5 nitrogen and oxygen atoms in total. The molecule has 0 spiro atoms. The van der Waals surface area contributed by atoms with Crippen molar-refractivity contribution in [2.45, 2.75) is 26.3 Å². The summed E-state index contributed by atoms with van der Waals surface area (Å²) in [5.41, 5.74) is 2.51. The van der Waals surface area contributed by atoms with Crippen LogP contribution in [0.15, 0.2) is 35.7 Å². The van der Waals surface area contributed by atoms with Crippen LogP contribution in [0.25, 0.3) is 21.3 Å². The van der Waals surface area contributed by atoms with Gasteiger partial charge in [0.25, 0.3) is 0 Å². The van der Waals surface area contributed by atoms with Gasteiger partial charge in [-0.2, -0.15) is 0 Å². The molecule has 0 bridgehead atoms. The van der Waals surface area contributed by atoms with E-state index in [0.717, 1.165) is 62.4 Å². The van der Waals surface area contributed by atoms with Crippen LogP contribution in [-0.4, -0.2) is 54.3 Å². The Hall–Kier alpha value is -2.02. The third-order valence-electron chi connectivity index (χ3n) is 5.97. The molecule has 1 unspecified atom stereocenters. The quantitative estimate of drug-likeness (QED) is 0.639. The molecule has 152 valence electrons. The molecule has 2 aliphatic heterocycles. The molecule has 0 aliphatic carbocycles. The van der Waals surface area contributed by atoms with E-state index in [4.69, 9.17) is 14.7 Å². The van der Waals surface area contributed by atoms with Gasteiger partial charge in [0.1, 0.15) is 16.5 Å². The van der Waals surface area contributed by atoms with E-state index in [1.165, 1.54) is 29.4 Å². The van der Waals surface area contributed by atoms with Crippen molar-refractivity contribution in [1.82, 2.24) is 14.9 Å². The molecule has 2 saturated heterocycles. The largest absolute Gasteiger partial charge is 0.379 e. The smallest absolute Gasteiger partial charge is 0.146 e. The van der Waals surface area contributed by atoms with Crippen LogP contribution in [0.4, 0.5) is 5.82 Å². The van der Waals surface area contributed by atoms with Gasteiger partial charge in [0.05, 0.1) is 25.1 Å². The van der Waals surface area contributed by atoms with Crippen LogP contribution < -0.4 is 4.90 Å². The summed E-state index contributed by atoms with van der Waals surface area (Å²) >= 11 is 1.74. The Bertz CT molecular complexity index is 968. The number of anilines is 1. The van der Waals surface area contributed by atoms with Crippen molar-refractivity contribution in [1.29, 1.82) is 0 Å². The van der Waals surface area contributed by atoms with E-state index in [9.17, 15) is 0 Å². The summed E-state index contributed by atoms with van der Waals surface area (Å²) in [5.74, 6) is 2.77. The molecule has 1 aromatic carbocycles. The summed E-state index contributed by atoms with van der Waals surface area (Å²) in [7, 11) is 0. The fraction of sp³-hybridized carbons (Fsp3) is 0.478. The molecule has 2 fully saturated rings. The lowest BCUT2D eigenvalue weighted by atomic mass is 9.99. The van der Waals surface area contributed by atoms with Crippen molar-refractivity contribution in [2.75, 3.05) is 44.3 Å². The number of ether oxygens (including phenoxy) is 1. The molecular weight excluding hydrogens is 380 g/mol. The Morgan fingerprint density at radius 2 is 1.93 bits per heavy atom. The average molecular weight is 409 g/mol. The third kappa shape index (κ3) is 4.02. The molecular formula is C23H28N4OS. The first-order valence-electron chi connectivity index (χ1n) is 10.7. The summed E-state index contributed by atoms with van der Waals surface area (Å²) in [5, 5.41) is 3.48. The number of thiophene rings is 1. The standard InChI is InChI=1S/C23H28N4OS/c1-17-6-5-9-27(14-17)22-21-19(18-7-3-2-4-8-18)16-29-23(21)25-20(24-22)15-26-10-12-28-13-11-26/h2-4,7-8,16-17H,5-6,9-15H2,1H3. The van der Waals surface area contributed by atoms with Crippen LogP contribution >= 0.6 is 11.3 Å². The van der Waals surface area contributed by atoms with Crippen LogP contribution in [0.5, 0.6) is 0 Å².